The third-order valence-electron chi connectivity index (χ3n) is 3.01. The topological polar surface area (TPSA) is 24.9 Å². The van der Waals surface area contributed by atoms with Crippen LogP contribution in [0.3, 0.4) is 0 Å². The van der Waals surface area contributed by atoms with Gasteiger partial charge in [-0.15, -0.1) is 0 Å². The molecule has 2 rings (SSSR count). The molecule has 1 N–H and O–H groups in total. The van der Waals surface area contributed by atoms with Gasteiger partial charge in [-0.2, -0.15) is 0 Å². The van der Waals surface area contributed by atoms with Crippen LogP contribution in [0.5, 0.6) is 0 Å². The number of pyridine rings is 1. The highest BCUT2D eigenvalue weighted by Crippen LogP contribution is 2.10. The molecule has 0 bridgehead atoms. The Balaban J connectivity index is 1.82. The normalized spacial score (nSPS) is 12.1. The highest BCUT2D eigenvalue weighted by Gasteiger charge is 2.03. The number of nitrogens with zero attached hydrogens (tertiary/aromatic N) is 1. The summed E-state index contributed by atoms with van der Waals surface area (Å²) in [7, 11) is 0. The van der Waals surface area contributed by atoms with Gasteiger partial charge in [0.1, 0.15) is 5.82 Å². The quantitative estimate of drug-likeness (QED) is 0.859. The van der Waals surface area contributed by atoms with Crippen molar-refractivity contribution in [2.45, 2.75) is 32.7 Å². The predicted molar refractivity (Wildman–Crippen MR) is 76.8 cm³/mol. The van der Waals surface area contributed by atoms with Crippen LogP contribution in [-0.4, -0.2) is 11.0 Å². The first kappa shape index (κ1) is 12.6. The molecular weight excluding hydrogens is 220 g/mol. The van der Waals surface area contributed by atoms with Crippen LogP contribution in [0.4, 0.5) is 5.82 Å². The predicted octanol–water partition coefficient (Wildman–Crippen LogP) is 3.82. The van der Waals surface area contributed by atoms with Gasteiger partial charge in [0, 0.05) is 12.2 Å². The summed E-state index contributed by atoms with van der Waals surface area (Å²) < 4.78 is 0. The summed E-state index contributed by atoms with van der Waals surface area (Å²) in [6, 6.07) is 15.1. The van der Waals surface area contributed by atoms with Crippen molar-refractivity contribution in [1.29, 1.82) is 0 Å². The van der Waals surface area contributed by atoms with Crippen molar-refractivity contribution in [3.8, 4) is 0 Å². The molecule has 0 saturated carbocycles. The van der Waals surface area contributed by atoms with E-state index in [1.807, 2.05) is 12.3 Å². The molecule has 2 nitrogen and oxygen atoms in total. The fraction of sp³-hybridized carbons (Fsp3) is 0.312. The van der Waals surface area contributed by atoms with Crippen LogP contribution in [0.1, 0.15) is 24.5 Å². The highest BCUT2D eigenvalue weighted by molar-refractivity contribution is 5.36. The van der Waals surface area contributed by atoms with Gasteiger partial charge in [-0.1, -0.05) is 36.4 Å². The smallest absolute Gasteiger partial charge is 0.126 e. The largest absolute Gasteiger partial charge is 0.368 e. The molecule has 0 aliphatic rings. The Kier molecular flexibility index (Phi) is 4.35. The fourth-order valence-corrected chi connectivity index (χ4v) is 1.91. The third kappa shape index (κ3) is 3.88. The molecule has 2 heteroatoms. The zero-order valence-electron chi connectivity index (χ0n) is 11.1. The number of anilines is 1. The van der Waals surface area contributed by atoms with E-state index in [9.17, 15) is 0 Å². The minimum atomic E-state index is 0.431. The molecule has 0 amide bonds. The molecule has 0 radical (unpaired) electrons. The van der Waals surface area contributed by atoms with Crippen LogP contribution in [0.2, 0.25) is 0 Å². The summed E-state index contributed by atoms with van der Waals surface area (Å²) >= 11 is 0. The summed E-state index contributed by atoms with van der Waals surface area (Å²) in [4.78, 5) is 4.36. The minimum absolute atomic E-state index is 0.431. The molecule has 1 aromatic carbocycles. The van der Waals surface area contributed by atoms with Gasteiger partial charge in [0.25, 0.3) is 0 Å². The molecule has 94 valence electrons. The first-order chi connectivity index (χ1) is 8.74. The lowest BCUT2D eigenvalue weighted by Gasteiger charge is -2.14. The molecule has 0 aliphatic heterocycles. The first-order valence-corrected chi connectivity index (χ1v) is 6.47. The maximum atomic E-state index is 4.36. The molecule has 0 saturated heterocycles. The Morgan fingerprint density at radius 3 is 2.56 bits per heavy atom. The van der Waals surface area contributed by atoms with Crippen molar-refractivity contribution in [3.63, 3.8) is 0 Å². The van der Waals surface area contributed by atoms with Crippen LogP contribution in [0, 0.1) is 6.92 Å². The van der Waals surface area contributed by atoms with E-state index in [0.717, 1.165) is 18.7 Å². The number of nitrogens with one attached hydrogen (secondary N) is 1. The van der Waals surface area contributed by atoms with E-state index in [-0.39, 0.29) is 0 Å². The van der Waals surface area contributed by atoms with E-state index in [2.05, 4.69) is 60.5 Å². The first-order valence-electron chi connectivity index (χ1n) is 6.47. The molecule has 2 aromatic rings. The van der Waals surface area contributed by atoms with E-state index >= 15 is 0 Å². The molecule has 1 unspecified atom stereocenters. The number of hydrogen-bond donors (Lipinski definition) is 1. The second kappa shape index (κ2) is 6.20. The molecule has 18 heavy (non-hydrogen) atoms. The van der Waals surface area contributed by atoms with Crippen LogP contribution in [0.25, 0.3) is 0 Å². The van der Waals surface area contributed by atoms with Crippen molar-refractivity contribution in [2.75, 3.05) is 5.32 Å². The summed E-state index contributed by atoms with van der Waals surface area (Å²) in [6.07, 6.45) is 4.10. The number of benzene rings is 1. The summed E-state index contributed by atoms with van der Waals surface area (Å²) in [6.45, 7) is 4.25. The van der Waals surface area contributed by atoms with Gasteiger partial charge < -0.3 is 5.32 Å². The van der Waals surface area contributed by atoms with Gasteiger partial charge in [0.2, 0.25) is 0 Å². The van der Waals surface area contributed by atoms with Crippen LogP contribution >= 0.6 is 0 Å². The lowest BCUT2D eigenvalue weighted by molar-refractivity contribution is 0.703. The van der Waals surface area contributed by atoms with E-state index in [1.54, 1.807) is 0 Å². The van der Waals surface area contributed by atoms with E-state index in [1.165, 1.54) is 11.1 Å². The van der Waals surface area contributed by atoms with Gasteiger partial charge in [0.15, 0.2) is 0 Å². The lowest BCUT2D eigenvalue weighted by atomic mass is 10.1. The Morgan fingerprint density at radius 1 is 1.11 bits per heavy atom. The minimum Gasteiger partial charge on any atom is -0.368 e. The Labute approximate surface area is 109 Å². The third-order valence-corrected chi connectivity index (χ3v) is 3.01. The van der Waals surface area contributed by atoms with Crippen molar-refractivity contribution >= 4 is 5.82 Å². The standard InChI is InChI=1S/C16H20N2/c1-13-8-11-16(17-12-13)18-14(2)9-10-15-6-4-3-5-7-15/h3-8,11-12,14H,9-10H2,1-2H3,(H,17,18). The van der Waals surface area contributed by atoms with Crippen molar-refractivity contribution in [2.24, 2.45) is 0 Å². The highest BCUT2D eigenvalue weighted by atomic mass is 15.0. The molecule has 1 atom stereocenters. The average Bonchev–Trinajstić information content (AvgIpc) is 2.40. The molecule has 1 aromatic heterocycles. The Morgan fingerprint density at radius 2 is 1.89 bits per heavy atom. The number of aryl methyl sites for hydroxylation is 2. The van der Waals surface area contributed by atoms with Crippen LogP contribution in [0.15, 0.2) is 48.7 Å². The summed E-state index contributed by atoms with van der Waals surface area (Å²) in [5.41, 5.74) is 2.58. The SMILES string of the molecule is Cc1ccc(NC(C)CCc2ccccc2)nc1. The Hall–Kier alpha value is -1.83. The maximum absolute atomic E-state index is 4.36. The van der Waals surface area contributed by atoms with Crippen molar-refractivity contribution in [1.82, 2.24) is 4.98 Å². The molecule has 0 aliphatic carbocycles. The van der Waals surface area contributed by atoms with E-state index < -0.39 is 0 Å². The maximum Gasteiger partial charge on any atom is 0.126 e. The zero-order valence-corrected chi connectivity index (χ0v) is 11.1. The van der Waals surface area contributed by atoms with Crippen molar-refractivity contribution < 1.29 is 0 Å². The Bertz CT molecular complexity index is 462. The van der Waals surface area contributed by atoms with Gasteiger partial charge >= 0.3 is 0 Å². The monoisotopic (exact) mass is 240 g/mol. The van der Waals surface area contributed by atoms with Crippen molar-refractivity contribution in [3.05, 3.63) is 59.8 Å². The molecule has 1 heterocycles. The number of rotatable bonds is 5. The number of aromatic nitrogens is 1. The summed E-state index contributed by atoms with van der Waals surface area (Å²) in [5.74, 6) is 0.959. The van der Waals surface area contributed by atoms with E-state index in [4.69, 9.17) is 0 Å². The van der Waals surface area contributed by atoms with Crippen LogP contribution < -0.4 is 5.32 Å². The van der Waals surface area contributed by atoms with E-state index in [0.29, 0.717) is 6.04 Å². The van der Waals surface area contributed by atoms with Gasteiger partial charge in [0.05, 0.1) is 0 Å². The average molecular weight is 240 g/mol. The molecule has 0 fully saturated rings. The number of hydrogen-bond acceptors (Lipinski definition) is 2. The van der Waals surface area contributed by atoms with Gasteiger partial charge in [-0.25, -0.2) is 4.98 Å². The van der Waals surface area contributed by atoms with Crippen LogP contribution in [-0.2, 0) is 6.42 Å². The molecule has 0 spiro atoms. The zero-order chi connectivity index (χ0) is 12.8. The van der Waals surface area contributed by atoms with Gasteiger partial charge in [-0.05, 0) is 43.9 Å². The lowest BCUT2D eigenvalue weighted by Crippen LogP contribution is -2.16. The second-order valence-electron chi connectivity index (χ2n) is 4.79. The van der Waals surface area contributed by atoms with Gasteiger partial charge in [-0.3, -0.25) is 0 Å². The summed E-state index contributed by atoms with van der Waals surface area (Å²) in [5, 5.41) is 3.43. The fourth-order valence-electron chi connectivity index (χ4n) is 1.91. The second-order valence-corrected chi connectivity index (χ2v) is 4.79. The molecular formula is C16H20N2.